The van der Waals surface area contributed by atoms with Crippen LogP contribution in [0.5, 0.6) is 5.75 Å². The minimum atomic E-state index is -0.257. The highest BCUT2D eigenvalue weighted by Crippen LogP contribution is 2.18. The number of pyridine rings is 1. The average molecular weight is 276 g/mol. The molecular weight excluding hydrogens is 256 g/mol. The number of rotatable bonds is 7. The van der Waals surface area contributed by atoms with Crippen molar-refractivity contribution in [3.8, 4) is 11.8 Å². The first kappa shape index (κ1) is 15.9. The van der Waals surface area contributed by atoms with Gasteiger partial charge in [0.1, 0.15) is 5.75 Å². The fourth-order valence-electron chi connectivity index (χ4n) is 1.63. The Hall–Kier alpha value is -2.13. The minimum Gasteiger partial charge on any atom is -0.482 e. The molecule has 1 rings (SSSR count). The van der Waals surface area contributed by atoms with Gasteiger partial charge in [-0.25, -0.2) is 0 Å². The number of ether oxygens (including phenoxy) is 1. The van der Waals surface area contributed by atoms with Crippen molar-refractivity contribution in [2.75, 3.05) is 13.2 Å². The van der Waals surface area contributed by atoms with E-state index >= 15 is 0 Å². The Kier molecular flexibility index (Phi) is 6.47. The summed E-state index contributed by atoms with van der Waals surface area (Å²) in [7, 11) is 0. The van der Waals surface area contributed by atoms with E-state index in [1.807, 2.05) is 26.0 Å². The molecule has 1 atom stereocenters. The molecule has 0 saturated heterocycles. The summed E-state index contributed by atoms with van der Waals surface area (Å²) < 4.78 is 5.47. The number of nitrogens with zero attached hydrogens (tertiary/aromatic N) is 2. The largest absolute Gasteiger partial charge is 0.482 e. The first-order chi connectivity index (χ1) is 9.52. The Morgan fingerprint density at radius 1 is 1.60 bits per heavy atom. The highest BCUT2D eigenvalue weighted by Gasteiger charge is 2.10. The quantitative estimate of drug-likeness (QED) is 0.713. The van der Waals surface area contributed by atoms with Crippen LogP contribution in [-0.4, -0.2) is 30.1 Å². The highest BCUT2D eigenvalue weighted by atomic mass is 16.5. The number of amides is 1. The molecule has 1 aromatic rings. The van der Waals surface area contributed by atoms with E-state index in [4.69, 9.17) is 15.7 Å². The topological polar surface area (TPSA) is 101 Å². The van der Waals surface area contributed by atoms with Crippen molar-refractivity contribution >= 4 is 5.91 Å². The van der Waals surface area contributed by atoms with Crippen LogP contribution in [0.4, 0.5) is 0 Å². The number of carbonyl (C=O) groups is 1. The zero-order chi connectivity index (χ0) is 15.0. The SMILES string of the molecule is Cc1ccc(OCC(=O)NCCC#N)c(CC(C)N)n1. The number of nitrogens with two attached hydrogens (primary N) is 1. The van der Waals surface area contributed by atoms with Crippen LogP contribution in [0.1, 0.15) is 24.7 Å². The Balaban J connectivity index is 2.58. The molecule has 3 N–H and O–H groups in total. The number of aromatic nitrogens is 1. The van der Waals surface area contributed by atoms with Crippen LogP contribution >= 0.6 is 0 Å². The Morgan fingerprint density at radius 3 is 3.00 bits per heavy atom. The monoisotopic (exact) mass is 276 g/mol. The van der Waals surface area contributed by atoms with E-state index in [9.17, 15) is 4.79 Å². The Morgan fingerprint density at radius 2 is 2.35 bits per heavy atom. The lowest BCUT2D eigenvalue weighted by molar-refractivity contribution is -0.123. The maximum Gasteiger partial charge on any atom is 0.257 e. The van der Waals surface area contributed by atoms with E-state index in [1.54, 1.807) is 6.07 Å². The fourth-order valence-corrected chi connectivity index (χ4v) is 1.63. The molecule has 0 aromatic carbocycles. The van der Waals surface area contributed by atoms with Crippen molar-refractivity contribution in [3.05, 3.63) is 23.5 Å². The van der Waals surface area contributed by atoms with Gasteiger partial charge in [-0.05, 0) is 26.0 Å². The van der Waals surface area contributed by atoms with E-state index in [0.29, 0.717) is 18.7 Å². The smallest absolute Gasteiger partial charge is 0.257 e. The summed E-state index contributed by atoms with van der Waals surface area (Å²) in [6, 6.07) is 5.54. The van der Waals surface area contributed by atoms with Gasteiger partial charge in [0.15, 0.2) is 6.61 Å². The number of nitrogens with one attached hydrogen (secondary N) is 1. The number of nitriles is 1. The van der Waals surface area contributed by atoms with Crippen LogP contribution in [0.15, 0.2) is 12.1 Å². The Bertz CT molecular complexity index is 494. The van der Waals surface area contributed by atoms with Crippen molar-refractivity contribution in [2.24, 2.45) is 5.73 Å². The van der Waals surface area contributed by atoms with Crippen molar-refractivity contribution in [2.45, 2.75) is 32.7 Å². The summed E-state index contributed by atoms with van der Waals surface area (Å²) in [5.74, 6) is 0.316. The lowest BCUT2D eigenvalue weighted by atomic mass is 10.1. The summed E-state index contributed by atoms with van der Waals surface area (Å²) in [6.45, 7) is 4.02. The molecule has 6 heteroatoms. The van der Waals surface area contributed by atoms with E-state index in [1.165, 1.54) is 0 Å². The first-order valence-electron chi connectivity index (χ1n) is 6.51. The number of carbonyl (C=O) groups excluding carboxylic acids is 1. The molecule has 0 aliphatic rings. The first-order valence-corrected chi connectivity index (χ1v) is 6.51. The molecule has 0 aliphatic heterocycles. The number of aryl methyl sites for hydroxylation is 1. The molecule has 1 aromatic heterocycles. The van der Waals surface area contributed by atoms with Gasteiger partial charge in [-0.3, -0.25) is 9.78 Å². The molecular formula is C14H20N4O2. The van der Waals surface area contributed by atoms with Crippen LogP contribution in [0.25, 0.3) is 0 Å². The van der Waals surface area contributed by atoms with Crippen LogP contribution in [0.3, 0.4) is 0 Å². The van der Waals surface area contributed by atoms with Gasteiger partial charge in [0, 0.05) is 24.7 Å². The van der Waals surface area contributed by atoms with E-state index in [2.05, 4.69) is 10.3 Å². The van der Waals surface area contributed by atoms with Gasteiger partial charge >= 0.3 is 0 Å². The van der Waals surface area contributed by atoms with E-state index in [-0.39, 0.29) is 25.0 Å². The van der Waals surface area contributed by atoms with Gasteiger partial charge < -0.3 is 15.8 Å². The van der Waals surface area contributed by atoms with Gasteiger partial charge in [0.2, 0.25) is 0 Å². The second-order valence-corrected chi connectivity index (χ2v) is 4.63. The molecule has 20 heavy (non-hydrogen) atoms. The highest BCUT2D eigenvalue weighted by molar-refractivity contribution is 5.77. The zero-order valence-electron chi connectivity index (χ0n) is 11.8. The molecule has 0 bridgehead atoms. The fraction of sp³-hybridized carbons (Fsp3) is 0.500. The third kappa shape index (κ3) is 5.67. The normalized spacial score (nSPS) is 11.5. The standard InChI is InChI=1S/C14H20N4O2/c1-10(16)8-12-13(5-4-11(2)18-12)20-9-14(19)17-7-3-6-15/h4-5,10H,3,7-9,16H2,1-2H3,(H,17,19). The molecule has 1 heterocycles. The maximum atomic E-state index is 11.5. The maximum absolute atomic E-state index is 11.5. The van der Waals surface area contributed by atoms with Gasteiger partial charge in [-0.15, -0.1) is 0 Å². The number of hydrogen-bond donors (Lipinski definition) is 2. The van der Waals surface area contributed by atoms with Crippen molar-refractivity contribution in [1.29, 1.82) is 5.26 Å². The van der Waals surface area contributed by atoms with Crippen LogP contribution in [0, 0.1) is 18.3 Å². The summed E-state index contributed by atoms with van der Waals surface area (Å²) in [5.41, 5.74) is 7.41. The van der Waals surface area contributed by atoms with Crippen LogP contribution < -0.4 is 15.8 Å². The summed E-state index contributed by atoms with van der Waals surface area (Å²) in [4.78, 5) is 15.9. The summed E-state index contributed by atoms with van der Waals surface area (Å²) in [5, 5.41) is 11.0. The third-order valence-electron chi connectivity index (χ3n) is 2.50. The molecule has 0 radical (unpaired) electrons. The van der Waals surface area contributed by atoms with Gasteiger partial charge in [0.25, 0.3) is 5.91 Å². The molecule has 1 unspecified atom stereocenters. The van der Waals surface area contributed by atoms with Gasteiger partial charge in [0.05, 0.1) is 18.2 Å². The zero-order valence-corrected chi connectivity index (χ0v) is 11.8. The molecule has 0 saturated carbocycles. The summed E-state index contributed by atoms with van der Waals surface area (Å²) >= 11 is 0. The summed E-state index contributed by atoms with van der Waals surface area (Å²) in [6.07, 6.45) is 0.876. The second kappa shape index (κ2) is 8.12. The van der Waals surface area contributed by atoms with Crippen LogP contribution in [0.2, 0.25) is 0 Å². The lowest BCUT2D eigenvalue weighted by Gasteiger charge is -2.12. The molecule has 0 fully saturated rings. The average Bonchev–Trinajstić information content (AvgIpc) is 2.37. The second-order valence-electron chi connectivity index (χ2n) is 4.63. The van der Waals surface area contributed by atoms with Crippen molar-refractivity contribution in [1.82, 2.24) is 10.3 Å². The van der Waals surface area contributed by atoms with Crippen molar-refractivity contribution < 1.29 is 9.53 Å². The van der Waals surface area contributed by atoms with Crippen molar-refractivity contribution in [3.63, 3.8) is 0 Å². The predicted molar refractivity (Wildman–Crippen MR) is 75.1 cm³/mol. The van der Waals surface area contributed by atoms with Gasteiger partial charge in [-0.2, -0.15) is 5.26 Å². The Labute approximate surface area is 118 Å². The molecule has 6 nitrogen and oxygen atoms in total. The molecule has 0 aliphatic carbocycles. The predicted octanol–water partition coefficient (Wildman–Crippen LogP) is 0.688. The lowest BCUT2D eigenvalue weighted by Crippen LogP contribution is -2.30. The van der Waals surface area contributed by atoms with Gasteiger partial charge in [-0.1, -0.05) is 0 Å². The molecule has 1 amide bonds. The third-order valence-corrected chi connectivity index (χ3v) is 2.50. The molecule has 0 spiro atoms. The van der Waals surface area contributed by atoms with Crippen LogP contribution in [-0.2, 0) is 11.2 Å². The van der Waals surface area contributed by atoms with E-state index in [0.717, 1.165) is 11.4 Å². The van der Waals surface area contributed by atoms with E-state index < -0.39 is 0 Å². The molecule has 108 valence electrons. The number of hydrogen-bond acceptors (Lipinski definition) is 5. The minimum absolute atomic E-state index is 0.0314.